The van der Waals surface area contributed by atoms with E-state index in [0.29, 0.717) is 31.8 Å². The van der Waals surface area contributed by atoms with Gasteiger partial charge >= 0.3 is 0 Å². The van der Waals surface area contributed by atoms with Crippen LogP contribution in [0.5, 0.6) is 0 Å². The standard InChI is InChI=1S/C17H22N4O4S/c1-25-11-10-19-14-4-7-16(21-12-14)17(22)20-9-8-13-2-5-15(6-3-13)26(18,23)24/h2-7,12,19H,8-11H2,1H3,(H,20,22)(H2,18,23,24). The van der Waals surface area contributed by atoms with Crippen molar-refractivity contribution in [3.8, 4) is 0 Å². The van der Waals surface area contributed by atoms with Crippen molar-refractivity contribution < 1.29 is 17.9 Å². The molecule has 0 saturated carbocycles. The smallest absolute Gasteiger partial charge is 0.269 e. The van der Waals surface area contributed by atoms with E-state index in [1.165, 1.54) is 12.1 Å². The number of carbonyl (C=O) groups excluding carboxylic acids is 1. The van der Waals surface area contributed by atoms with Gasteiger partial charge in [-0.1, -0.05) is 12.1 Å². The Hall–Kier alpha value is -2.49. The number of carbonyl (C=O) groups is 1. The lowest BCUT2D eigenvalue weighted by molar-refractivity contribution is 0.0949. The van der Waals surface area contributed by atoms with Gasteiger partial charge in [0.05, 0.1) is 23.4 Å². The summed E-state index contributed by atoms with van der Waals surface area (Å²) < 4.78 is 27.4. The Labute approximate surface area is 152 Å². The molecule has 0 bridgehead atoms. The zero-order valence-corrected chi connectivity index (χ0v) is 15.3. The highest BCUT2D eigenvalue weighted by molar-refractivity contribution is 7.89. The number of ether oxygens (including phenoxy) is 1. The van der Waals surface area contributed by atoms with Crippen LogP contribution in [0, 0.1) is 0 Å². The first kappa shape index (κ1) is 19.8. The second-order valence-corrected chi connectivity index (χ2v) is 7.11. The molecular weight excluding hydrogens is 356 g/mol. The van der Waals surface area contributed by atoms with Gasteiger partial charge in [0.15, 0.2) is 0 Å². The summed E-state index contributed by atoms with van der Waals surface area (Å²) in [7, 11) is -2.06. The first-order valence-electron chi connectivity index (χ1n) is 7.99. The van der Waals surface area contributed by atoms with E-state index < -0.39 is 10.0 Å². The fraction of sp³-hybridized carbons (Fsp3) is 0.294. The molecule has 0 unspecified atom stereocenters. The molecular formula is C17H22N4O4S. The number of aromatic nitrogens is 1. The first-order chi connectivity index (χ1) is 12.4. The van der Waals surface area contributed by atoms with Crippen LogP contribution in [0.2, 0.25) is 0 Å². The molecule has 26 heavy (non-hydrogen) atoms. The van der Waals surface area contributed by atoms with Crippen molar-refractivity contribution in [3.63, 3.8) is 0 Å². The zero-order chi connectivity index (χ0) is 19.0. The Morgan fingerprint density at radius 1 is 1.15 bits per heavy atom. The van der Waals surface area contributed by atoms with Gasteiger partial charge in [-0.2, -0.15) is 0 Å². The molecule has 0 aliphatic rings. The largest absolute Gasteiger partial charge is 0.383 e. The SMILES string of the molecule is COCCNc1ccc(C(=O)NCCc2ccc(S(N)(=O)=O)cc2)nc1. The Kier molecular flexibility index (Phi) is 7.07. The van der Waals surface area contributed by atoms with Gasteiger partial charge < -0.3 is 15.4 Å². The number of hydrogen-bond acceptors (Lipinski definition) is 6. The summed E-state index contributed by atoms with van der Waals surface area (Å²) in [5.41, 5.74) is 2.03. The highest BCUT2D eigenvalue weighted by atomic mass is 32.2. The van der Waals surface area contributed by atoms with Gasteiger partial charge in [-0.05, 0) is 36.2 Å². The summed E-state index contributed by atoms with van der Waals surface area (Å²) in [6, 6.07) is 9.66. The van der Waals surface area contributed by atoms with Crippen LogP contribution in [0.15, 0.2) is 47.5 Å². The Morgan fingerprint density at radius 2 is 1.88 bits per heavy atom. The molecule has 0 fully saturated rings. The molecule has 1 aromatic heterocycles. The number of hydrogen-bond donors (Lipinski definition) is 3. The number of amides is 1. The van der Waals surface area contributed by atoms with Crippen LogP contribution in [0.4, 0.5) is 5.69 Å². The fourth-order valence-corrected chi connectivity index (χ4v) is 2.70. The molecule has 0 saturated heterocycles. The summed E-state index contributed by atoms with van der Waals surface area (Å²) in [6.07, 6.45) is 2.16. The predicted octanol–water partition coefficient (Wildman–Crippen LogP) is 0.760. The second kappa shape index (κ2) is 9.27. The van der Waals surface area contributed by atoms with Gasteiger partial charge in [-0.3, -0.25) is 4.79 Å². The number of anilines is 1. The second-order valence-electron chi connectivity index (χ2n) is 5.55. The quantitative estimate of drug-likeness (QED) is 0.554. The lowest BCUT2D eigenvalue weighted by atomic mass is 10.1. The Bertz CT molecular complexity index is 821. The van der Waals surface area contributed by atoms with Gasteiger partial charge in [0.2, 0.25) is 10.0 Å². The van der Waals surface area contributed by atoms with Gasteiger partial charge in [0.1, 0.15) is 5.69 Å². The van der Waals surface area contributed by atoms with Crippen LogP contribution in [-0.2, 0) is 21.2 Å². The third-order valence-electron chi connectivity index (χ3n) is 3.58. The third kappa shape index (κ3) is 6.10. The molecule has 4 N–H and O–H groups in total. The van der Waals surface area contributed by atoms with Crippen LogP contribution in [0.1, 0.15) is 16.1 Å². The van der Waals surface area contributed by atoms with E-state index in [0.717, 1.165) is 11.3 Å². The number of sulfonamides is 1. The summed E-state index contributed by atoms with van der Waals surface area (Å²) in [6.45, 7) is 1.65. The number of pyridine rings is 1. The van der Waals surface area contributed by atoms with Gasteiger partial charge in [-0.15, -0.1) is 0 Å². The maximum Gasteiger partial charge on any atom is 0.269 e. The van der Waals surface area contributed by atoms with Crippen molar-refractivity contribution in [2.45, 2.75) is 11.3 Å². The van der Waals surface area contributed by atoms with E-state index in [4.69, 9.17) is 9.88 Å². The van der Waals surface area contributed by atoms with Gasteiger partial charge in [0.25, 0.3) is 5.91 Å². The molecule has 140 valence electrons. The lowest BCUT2D eigenvalue weighted by Crippen LogP contribution is -2.26. The van der Waals surface area contributed by atoms with E-state index >= 15 is 0 Å². The normalized spacial score (nSPS) is 11.2. The van der Waals surface area contributed by atoms with Crippen molar-refractivity contribution in [2.75, 3.05) is 32.1 Å². The van der Waals surface area contributed by atoms with Crippen LogP contribution in [0.25, 0.3) is 0 Å². The van der Waals surface area contributed by atoms with Crippen molar-refractivity contribution in [3.05, 3.63) is 53.9 Å². The molecule has 0 aliphatic carbocycles. The minimum absolute atomic E-state index is 0.0636. The minimum Gasteiger partial charge on any atom is -0.383 e. The molecule has 0 spiro atoms. The van der Waals surface area contributed by atoms with E-state index in [-0.39, 0.29) is 10.8 Å². The van der Waals surface area contributed by atoms with Crippen molar-refractivity contribution in [2.24, 2.45) is 5.14 Å². The molecule has 2 aromatic rings. The van der Waals surface area contributed by atoms with Gasteiger partial charge in [0, 0.05) is 20.2 Å². The predicted molar refractivity (Wildman–Crippen MR) is 98.5 cm³/mol. The first-order valence-corrected chi connectivity index (χ1v) is 9.53. The van der Waals surface area contributed by atoms with Crippen molar-refractivity contribution >= 4 is 21.6 Å². The maximum atomic E-state index is 12.1. The van der Waals surface area contributed by atoms with E-state index in [1.54, 1.807) is 37.6 Å². The maximum absolute atomic E-state index is 12.1. The number of nitrogens with one attached hydrogen (secondary N) is 2. The Morgan fingerprint density at radius 3 is 2.46 bits per heavy atom. The minimum atomic E-state index is -3.69. The molecule has 0 atom stereocenters. The van der Waals surface area contributed by atoms with Crippen LogP contribution >= 0.6 is 0 Å². The third-order valence-corrected chi connectivity index (χ3v) is 4.51. The molecule has 2 rings (SSSR count). The molecule has 1 amide bonds. The Balaban J connectivity index is 1.81. The van der Waals surface area contributed by atoms with E-state index in [2.05, 4.69) is 15.6 Å². The monoisotopic (exact) mass is 378 g/mol. The van der Waals surface area contributed by atoms with E-state index in [9.17, 15) is 13.2 Å². The molecule has 0 radical (unpaired) electrons. The van der Waals surface area contributed by atoms with Crippen LogP contribution < -0.4 is 15.8 Å². The number of nitrogens with zero attached hydrogens (tertiary/aromatic N) is 1. The molecule has 1 heterocycles. The number of benzene rings is 1. The number of methoxy groups -OCH3 is 1. The van der Waals surface area contributed by atoms with Gasteiger partial charge in [-0.25, -0.2) is 18.5 Å². The molecule has 0 aliphatic heterocycles. The average Bonchev–Trinajstić information content (AvgIpc) is 2.62. The topological polar surface area (TPSA) is 123 Å². The van der Waals surface area contributed by atoms with Crippen LogP contribution in [0.3, 0.4) is 0 Å². The lowest BCUT2D eigenvalue weighted by Gasteiger charge is -2.07. The number of rotatable bonds is 9. The summed E-state index contributed by atoms with van der Waals surface area (Å²) in [4.78, 5) is 16.3. The fourth-order valence-electron chi connectivity index (χ4n) is 2.19. The molecule has 9 heteroatoms. The number of primary sulfonamides is 1. The highest BCUT2D eigenvalue weighted by Crippen LogP contribution is 2.09. The summed E-state index contributed by atoms with van der Waals surface area (Å²) in [5.74, 6) is -0.269. The molecule has 1 aromatic carbocycles. The zero-order valence-electron chi connectivity index (χ0n) is 14.4. The average molecular weight is 378 g/mol. The van der Waals surface area contributed by atoms with Crippen molar-refractivity contribution in [1.29, 1.82) is 0 Å². The summed E-state index contributed by atoms with van der Waals surface area (Å²) >= 11 is 0. The number of nitrogens with two attached hydrogens (primary N) is 1. The van der Waals surface area contributed by atoms with Crippen molar-refractivity contribution in [1.82, 2.24) is 10.3 Å². The summed E-state index contributed by atoms with van der Waals surface area (Å²) in [5, 5.41) is 11.0. The van der Waals surface area contributed by atoms with Crippen LogP contribution in [-0.4, -0.2) is 46.1 Å². The highest BCUT2D eigenvalue weighted by Gasteiger charge is 2.08. The molecule has 8 nitrogen and oxygen atoms in total. The van der Waals surface area contributed by atoms with E-state index in [1.807, 2.05) is 0 Å².